The Morgan fingerprint density at radius 2 is 2.21 bits per heavy atom. The fraction of sp³-hybridized carbons (Fsp3) is 0.125. The Balaban J connectivity index is 2.28. The van der Waals surface area contributed by atoms with E-state index in [1.165, 1.54) is 0 Å². The third-order valence-corrected chi connectivity index (χ3v) is 1.73. The van der Waals surface area contributed by atoms with Gasteiger partial charge in [-0.3, -0.25) is 0 Å². The van der Waals surface area contributed by atoms with Gasteiger partial charge in [-0.05, 0) is 24.2 Å². The lowest BCUT2D eigenvalue weighted by Gasteiger charge is -2.03. The van der Waals surface area contributed by atoms with Gasteiger partial charge in [0.15, 0.2) is 11.6 Å². The van der Waals surface area contributed by atoms with Crippen molar-refractivity contribution in [1.82, 2.24) is 15.3 Å². The molecule has 2 rings (SSSR count). The number of nitrogens with two attached hydrogens (primary N) is 1. The van der Waals surface area contributed by atoms with E-state index in [4.69, 9.17) is 5.73 Å². The van der Waals surface area contributed by atoms with E-state index in [9.17, 15) is 0 Å². The first-order valence-corrected chi connectivity index (χ1v) is 4.04. The van der Waals surface area contributed by atoms with Crippen LogP contribution in [0.4, 0.5) is 17.3 Å². The second kappa shape index (κ2) is 3.33. The maximum Gasteiger partial charge on any atom is 0.199 e. The van der Waals surface area contributed by atoms with Crippen molar-refractivity contribution >= 4 is 17.3 Å². The van der Waals surface area contributed by atoms with Crippen LogP contribution in [0.1, 0.15) is 5.69 Å². The first-order chi connectivity index (χ1) is 6.77. The van der Waals surface area contributed by atoms with Crippen LogP contribution in [0.3, 0.4) is 0 Å². The number of anilines is 3. The highest BCUT2D eigenvalue weighted by Crippen LogP contribution is 2.19. The molecule has 0 saturated heterocycles. The molecule has 0 bridgehead atoms. The fourth-order valence-corrected chi connectivity index (χ4v) is 0.979. The highest BCUT2D eigenvalue weighted by atomic mass is 16.6. The molecule has 72 valence electrons. The average Bonchev–Trinajstić information content (AvgIpc) is 2.56. The molecule has 0 spiro atoms. The predicted octanol–water partition coefficient (Wildman–Crippen LogP) is 1.10. The third kappa shape index (κ3) is 1.49. The number of aromatic nitrogens is 3. The van der Waals surface area contributed by atoms with Crippen LogP contribution in [0.25, 0.3) is 0 Å². The van der Waals surface area contributed by atoms with E-state index in [1.54, 1.807) is 25.3 Å². The molecule has 3 N–H and O–H groups in total. The van der Waals surface area contributed by atoms with Gasteiger partial charge in [0.25, 0.3) is 0 Å². The van der Waals surface area contributed by atoms with Gasteiger partial charge in [0.2, 0.25) is 0 Å². The van der Waals surface area contributed by atoms with Gasteiger partial charge >= 0.3 is 0 Å². The molecular weight excluding hydrogens is 182 g/mol. The highest BCUT2D eigenvalue weighted by Gasteiger charge is 2.07. The standard InChI is InChI=1S/C8H9N5O/c1-5-7(13-14-12-5)11-8-6(9)3-2-4-10-8/h2-4H,9H2,1H3,(H,10,11,13). The molecule has 0 unspecified atom stereocenters. The molecule has 6 heteroatoms. The second-order valence-electron chi connectivity index (χ2n) is 2.76. The molecule has 6 nitrogen and oxygen atoms in total. The van der Waals surface area contributed by atoms with Crippen molar-refractivity contribution in [2.45, 2.75) is 6.92 Å². The van der Waals surface area contributed by atoms with Crippen molar-refractivity contribution < 1.29 is 4.63 Å². The second-order valence-corrected chi connectivity index (χ2v) is 2.76. The Labute approximate surface area is 80.1 Å². The summed E-state index contributed by atoms with van der Waals surface area (Å²) in [4.78, 5) is 4.05. The molecule has 0 aliphatic heterocycles. The molecule has 0 fully saturated rings. The average molecular weight is 191 g/mol. The Bertz CT molecular complexity index is 439. The van der Waals surface area contributed by atoms with Gasteiger partial charge in [0.1, 0.15) is 5.69 Å². The van der Waals surface area contributed by atoms with Crippen molar-refractivity contribution in [2.24, 2.45) is 0 Å². The number of nitrogens with one attached hydrogen (secondary N) is 1. The molecule has 2 aromatic heterocycles. The van der Waals surface area contributed by atoms with Crippen molar-refractivity contribution in [3.05, 3.63) is 24.0 Å². The summed E-state index contributed by atoms with van der Waals surface area (Å²) in [6, 6.07) is 3.51. The fourth-order valence-electron chi connectivity index (χ4n) is 0.979. The van der Waals surface area contributed by atoms with Crippen LogP contribution in [-0.2, 0) is 0 Å². The third-order valence-electron chi connectivity index (χ3n) is 1.73. The van der Waals surface area contributed by atoms with E-state index in [1.807, 2.05) is 0 Å². The normalized spacial score (nSPS) is 10.1. The molecule has 0 saturated carbocycles. The van der Waals surface area contributed by atoms with Crippen LogP contribution in [-0.4, -0.2) is 15.3 Å². The maximum atomic E-state index is 5.68. The monoisotopic (exact) mass is 191 g/mol. The van der Waals surface area contributed by atoms with Gasteiger partial charge in [-0.1, -0.05) is 5.16 Å². The summed E-state index contributed by atoms with van der Waals surface area (Å²) in [5.74, 6) is 1.07. The minimum Gasteiger partial charge on any atom is -0.396 e. The molecule has 0 aliphatic rings. The summed E-state index contributed by atoms with van der Waals surface area (Å²) >= 11 is 0. The van der Waals surface area contributed by atoms with Crippen LogP contribution >= 0.6 is 0 Å². The molecule has 2 aromatic rings. The lowest BCUT2D eigenvalue weighted by Crippen LogP contribution is -1.99. The number of rotatable bonds is 2. The zero-order valence-electron chi connectivity index (χ0n) is 7.56. The van der Waals surface area contributed by atoms with E-state index in [2.05, 4.69) is 25.2 Å². The van der Waals surface area contributed by atoms with E-state index in [0.29, 0.717) is 23.0 Å². The number of pyridine rings is 1. The van der Waals surface area contributed by atoms with Crippen LogP contribution in [0, 0.1) is 6.92 Å². The number of nitrogens with zero attached hydrogens (tertiary/aromatic N) is 3. The maximum absolute atomic E-state index is 5.68. The van der Waals surface area contributed by atoms with Gasteiger partial charge in [-0.15, -0.1) is 0 Å². The molecule has 0 aromatic carbocycles. The van der Waals surface area contributed by atoms with E-state index >= 15 is 0 Å². The summed E-state index contributed by atoms with van der Waals surface area (Å²) in [6.07, 6.45) is 1.64. The van der Waals surface area contributed by atoms with Gasteiger partial charge in [-0.25, -0.2) is 9.61 Å². The summed E-state index contributed by atoms with van der Waals surface area (Å²) in [5, 5.41) is 10.2. The first kappa shape index (κ1) is 8.49. The molecule has 0 atom stereocenters. The van der Waals surface area contributed by atoms with Crippen molar-refractivity contribution in [3.63, 3.8) is 0 Å². The van der Waals surface area contributed by atoms with Gasteiger partial charge in [0, 0.05) is 6.20 Å². The summed E-state index contributed by atoms with van der Waals surface area (Å²) in [5.41, 5.74) is 6.90. The summed E-state index contributed by atoms with van der Waals surface area (Å²) < 4.78 is 4.53. The van der Waals surface area contributed by atoms with Crippen molar-refractivity contribution in [1.29, 1.82) is 0 Å². The van der Waals surface area contributed by atoms with E-state index in [-0.39, 0.29) is 0 Å². The minimum absolute atomic E-state index is 0.524. The molecule has 2 heterocycles. The van der Waals surface area contributed by atoms with Crippen molar-refractivity contribution in [3.8, 4) is 0 Å². The Morgan fingerprint density at radius 3 is 2.86 bits per heavy atom. The molecule has 0 radical (unpaired) electrons. The zero-order valence-corrected chi connectivity index (χ0v) is 7.56. The Kier molecular flexibility index (Phi) is 2.02. The topological polar surface area (TPSA) is 89.9 Å². The van der Waals surface area contributed by atoms with E-state index in [0.717, 1.165) is 0 Å². The molecule has 14 heavy (non-hydrogen) atoms. The van der Waals surface area contributed by atoms with Crippen LogP contribution in [0.2, 0.25) is 0 Å². The number of aryl methyl sites for hydroxylation is 1. The van der Waals surface area contributed by atoms with E-state index < -0.39 is 0 Å². The van der Waals surface area contributed by atoms with Crippen molar-refractivity contribution in [2.75, 3.05) is 11.1 Å². The quantitative estimate of drug-likeness (QED) is 0.738. The molecule has 0 amide bonds. The zero-order chi connectivity index (χ0) is 9.97. The first-order valence-electron chi connectivity index (χ1n) is 4.04. The highest BCUT2D eigenvalue weighted by molar-refractivity contribution is 5.66. The lowest BCUT2D eigenvalue weighted by atomic mass is 10.4. The molecular formula is C8H9N5O. The van der Waals surface area contributed by atoms with Crippen LogP contribution < -0.4 is 11.1 Å². The summed E-state index contributed by atoms with van der Waals surface area (Å²) in [6.45, 7) is 1.78. The Morgan fingerprint density at radius 1 is 1.36 bits per heavy atom. The smallest absolute Gasteiger partial charge is 0.199 e. The largest absolute Gasteiger partial charge is 0.396 e. The predicted molar refractivity (Wildman–Crippen MR) is 51.0 cm³/mol. The Hall–Kier alpha value is -2.11. The van der Waals surface area contributed by atoms with Gasteiger partial charge in [-0.2, -0.15) is 0 Å². The number of hydrogen-bond donors (Lipinski definition) is 2. The minimum atomic E-state index is 0.524. The number of nitrogen functional groups attached to an aromatic ring is 1. The lowest BCUT2D eigenvalue weighted by molar-refractivity contribution is 0.306. The van der Waals surface area contributed by atoms with Crippen LogP contribution in [0.5, 0.6) is 0 Å². The summed E-state index contributed by atoms with van der Waals surface area (Å²) in [7, 11) is 0. The number of hydrogen-bond acceptors (Lipinski definition) is 6. The SMILES string of the molecule is Cc1nonc1Nc1ncccc1N. The molecule has 0 aliphatic carbocycles. The van der Waals surface area contributed by atoms with Gasteiger partial charge in [0.05, 0.1) is 5.69 Å². The van der Waals surface area contributed by atoms with Crippen LogP contribution in [0.15, 0.2) is 23.0 Å². The van der Waals surface area contributed by atoms with Gasteiger partial charge < -0.3 is 11.1 Å².